The zero-order chi connectivity index (χ0) is 10.7. The first-order valence-electron chi connectivity index (χ1n) is 5.96. The Bertz CT molecular complexity index is 330. The summed E-state index contributed by atoms with van der Waals surface area (Å²) < 4.78 is 0. The molecule has 0 fully saturated rings. The van der Waals surface area contributed by atoms with Crippen molar-refractivity contribution in [2.75, 3.05) is 5.88 Å². The van der Waals surface area contributed by atoms with E-state index < -0.39 is 0 Å². The molecule has 0 saturated carbocycles. The van der Waals surface area contributed by atoms with E-state index in [0.717, 1.165) is 5.88 Å². The molecule has 0 radical (unpaired) electrons. The van der Waals surface area contributed by atoms with Crippen molar-refractivity contribution in [2.45, 2.75) is 39.0 Å². The van der Waals surface area contributed by atoms with Crippen molar-refractivity contribution in [3.05, 3.63) is 34.9 Å². The third kappa shape index (κ3) is 2.75. The van der Waals surface area contributed by atoms with Crippen LogP contribution in [0.5, 0.6) is 0 Å². The number of hydrogen-bond acceptors (Lipinski definition) is 0. The summed E-state index contributed by atoms with van der Waals surface area (Å²) in [6.07, 6.45) is 6.31. The van der Waals surface area contributed by atoms with Crippen LogP contribution in [0.15, 0.2) is 18.2 Å². The summed E-state index contributed by atoms with van der Waals surface area (Å²) in [5, 5.41) is 0. The molecule has 1 atom stereocenters. The lowest BCUT2D eigenvalue weighted by Gasteiger charge is -2.08. The number of fused-ring (bicyclic) bond motifs is 1. The van der Waals surface area contributed by atoms with Crippen LogP contribution in [0.1, 0.15) is 36.5 Å². The first-order valence-corrected chi connectivity index (χ1v) is 6.49. The quantitative estimate of drug-likeness (QED) is 0.676. The van der Waals surface area contributed by atoms with Gasteiger partial charge in [0, 0.05) is 5.88 Å². The van der Waals surface area contributed by atoms with Gasteiger partial charge in [-0.25, -0.2) is 0 Å². The summed E-state index contributed by atoms with van der Waals surface area (Å²) in [4.78, 5) is 0. The molecular weight excluding hydrogens is 204 g/mol. The van der Waals surface area contributed by atoms with Crippen molar-refractivity contribution < 1.29 is 0 Å². The van der Waals surface area contributed by atoms with Gasteiger partial charge in [0.2, 0.25) is 0 Å². The summed E-state index contributed by atoms with van der Waals surface area (Å²) in [7, 11) is 0. The van der Waals surface area contributed by atoms with Crippen LogP contribution >= 0.6 is 11.6 Å². The van der Waals surface area contributed by atoms with Gasteiger partial charge in [0.1, 0.15) is 0 Å². The van der Waals surface area contributed by atoms with Crippen molar-refractivity contribution >= 4 is 11.6 Å². The fourth-order valence-corrected chi connectivity index (χ4v) is 2.43. The van der Waals surface area contributed by atoms with Crippen LogP contribution in [0, 0.1) is 5.92 Å². The second kappa shape index (κ2) is 5.03. The van der Waals surface area contributed by atoms with E-state index in [0.29, 0.717) is 5.92 Å². The van der Waals surface area contributed by atoms with Crippen LogP contribution in [0.3, 0.4) is 0 Å². The molecule has 1 unspecified atom stereocenters. The summed E-state index contributed by atoms with van der Waals surface area (Å²) in [6.45, 7) is 2.22. The molecule has 0 N–H and O–H groups in total. The van der Waals surface area contributed by atoms with E-state index in [9.17, 15) is 0 Å². The third-order valence-corrected chi connectivity index (χ3v) is 3.88. The number of alkyl halides is 1. The van der Waals surface area contributed by atoms with Gasteiger partial charge in [0.15, 0.2) is 0 Å². The molecule has 0 heterocycles. The van der Waals surface area contributed by atoms with Crippen molar-refractivity contribution in [2.24, 2.45) is 5.92 Å². The van der Waals surface area contributed by atoms with Gasteiger partial charge >= 0.3 is 0 Å². The lowest BCUT2D eigenvalue weighted by Crippen LogP contribution is -1.99. The first kappa shape index (κ1) is 11.0. The van der Waals surface area contributed by atoms with Crippen LogP contribution in [0.2, 0.25) is 0 Å². The molecule has 0 aromatic heterocycles. The Kier molecular flexibility index (Phi) is 3.69. The minimum Gasteiger partial charge on any atom is -0.126 e. The Morgan fingerprint density at radius 1 is 1.27 bits per heavy atom. The van der Waals surface area contributed by atoms with Crippen molar-refractivity contribution in [1.29, 1.82) is 0 Å². The molecule has 1 aromatic rings. The maximum Gasteiger partial charge on any atom is 0.0249 e. The molecule has 0 spiro atoms. The van der Waals surface area contributed by atoms with Crippen molar-refractivity contribution in [1.82, 2.24) is 0 Å². The van der Waals surface area contributed by atoms with Crippen molar-refractivity contribution in [3.8, 4) is 0 Å². The predicted molar refractivity (Wildman–Crippen MR) is 66.7 cm³/mol. The SMILES string of the molecule is CC(CCl)CCc1ccc2c(c1)CCC2. The number of rotatable bonds is 4. The molecule has 15 heavy (non-hydrogen) atoms. The second-order valence-corrected chi connectivity index (χ2v) is 5.06. The van der Waals surface area contributed by atoms with Crippen LogP contribution in [-0.4, -0.2) is 5.88 Å². The lowest BCUT2D eigenvalue weighted by molar-refractivity contribution is 0.593. The molecule has 82 valence electrons. The van der Waals surface area contributed by atoms with Gasteiger partial charge in [0.05, 0.1) is 0 Å². The van der Waals surface area contributed by atoms with Crippen LogP contribution in [0.4, 0.5) is 0 Å². The minimum atomic E-state index is 0.639. The van der Waals surface area contributed by atoms with Gasteiger partial charge in [-0.2, -0.15) is 0 Å². The molecule has 1 aromatic carbocycles. The van der Waals surface area contributed by atoms with Gasteiger partial charge < -0.3 is 0 Å². The standard InChI is InChI=1S/C14H19Cl/c1-11(10-15)5-6-12-7-8-13-3-2-4-14(13)9-12/h7-9,11H,2-6,10H2,1H3. The van der Waals surface area contributed by atoms with Gasteiger partial charge in [-0.15, -0.1) is 11.6 Å². The Morgan fingerprint density at radius 3 is 2.87 bits per heavy atom. The molecule has 1 aliphatic carbocycles. The molecule has 0 saturated heterocycles. The van der Waals surface area contributed by atoms with E-state index >= 15 is 0 Å². The number of aryl methyl sites for hydroxylation is 3. The summed E-state index contributed by atoms with van der Waals surface area (Å²) in [5.74, 6) is 1.42. The van der Waals surface area contributed by atoms with E-state index in [1.807, 2.05) is 0 Å². The fourth-order valence-electron chi connectivity index (χ4n) is 2.27. The number of hydrogen-bond donors (Lipinski definition) is 0. The molecule has 0 bridgehead atoms. The first-order chi connectivity index (χ1) is 7.29. The Balaban J connectivity index is 1.98. The summed E-state index contributed by atoms with van der Waals surface area (Å²) in [5.41, 5.74) is 4.66. The predicted octanol–water partition coefficient (Wildman–Crippen LogP) is 3.98. The molecule has 2 rings (SSSR count). The highest BCUT2D eigenvalue weighted by Crippen LogP contribution is 2.23. The van der Waals surface area contributed by atoms with Crippen LogP contribution in [-0.2, 0) is 19.3 Å². The third-order valence-electron chi connectivity index (χ3n) is 3.35. The van der Waals surface area contributed by atoms with Gasteiger partial charge in [-0.3, -0.25) is 0 Å². The van der Waals surface area contributed by atoms with E-state index in [1.54, 1.807) is 11.1 Å². The monoisotopic (exact) mass is 222 g/mol. The Hall–Kier alpha value is -0.490. The number of halogens is 1. The van der Waals surface area contributed by atoms with E-state index in [2.05, 4.69) is 25.1 Å². The summed E-state index contributed by atoms with van der Waals surface area (Å²) >= 11 is 5.81. The fraction of sp³-hybridized carbons (Fsp3) is 0.571. The van der Waals surface area contributed by atoms with Crippen LogP contribution in [0.25, 0.3) is 0 Å². The molecular formula is C14H19Cl. The molecule has 0 aliphatic heterocycles. The molecule has 0 amide bonds. The zero-order valence-corrected chi connectivity index (χ0v) is 10.2. The molecule has 1 aliphatic rings. The van der Waals surface area contributed by atoms with E-state index in [1.165, 1.54) is 37.7 Å². The van der Waals surface area contributed by atoms with Gasteiger partial charge in [-0.1, -0.05) is 25.1 Å². The molecule has 0 nitrogen and oxygen atoms in total. The average Bonchev–Trinajstić information content (AvgIpc) is 2.72. The molecule has 1 heteroatoms. The number of benzene rings is 1. The highest BCUT2D eigenvalue weighted by Gasteiger charge is 2.10. The maximum atomic E-state index is 5.81. The highest BCUT2D eigenvalue weighted by molar-refractivity contribution is 6.18. The topological polar surface area (TPSA) is 0 Å². The van der Waals surface area contributed by atoms with Gasteiger partial charge in [-0.05, 0) is 54.7 Å². The second-order valence-electron chi connectivity index (χ2n) is 4.75. The van der Waals surface area contributed by atoms with Gasteiger partial charge in [0.25, 0.3) is 0 Å². The Morgan fingerprint density at radius 2 is 2.07 bits per heavy atom. The zero-order valence-electron chi connectivity index (χ0n) is 9.43. The minimum absolute atomic E-state index is 0.639. The van der Waals surface area contributed by atoms with Crippen molar-refractivity contribution in [3.63, 3.8) is 0 Å². The average molecular weight is 223 g/mol. The van der Waals surface area contributed by atoms with E-state index in [4.69, 9.17) is 11.6 Å². The smallest absolute Gasteiger partial charge is 0.0249 e. The normalized spacial score (nSPS) is 16.4. The summed E-state index contributed by atoms with van der Waals surface area (Å²) in [6, 6.07) is 7.03. The van der Waals surface area contributed by atoms with Crippen LogP contribution < -0.4 is 0 Å². The largest absolute Gasteiger partial charge is 0.126 e. The Labute approximate surface area is 97.6 Å². The lowest BCUT2D eigenvalue weighted by atomic mass is 9.99. The highest BCUT2D eigenvalue weighted by atomic mass is 35.5. The van der Waals surface area contributed by atoms with E-state index in [-0.39, 0.29) is 0 Å². The maximum absolute atomic E-state index is 5.81.